The molecule has 0 saturated heterocycles. The van der Waals surface area contributed by atoms with Crippen molar-refractivity contribution >= 4 is 11.9 Å². The fourth-order valence-electron chi connectivity index (χ4n) is 0. The molecule has 0 bridgehead atoms. The Kier molecular flexibility index (Phi) is 14.0. The largest absolute Gasteiger partial charge is 0.542 e. The van der Waals surface area contributed by atoms with E-state index in [1.54, 1.807) is 0 Å². The monoisotopic (exact) mass is 374 g/mol. The molecule has 0 aliphatic heterocycles. The lowest BCUT2D eigenvalue weighted by atomic mass is 10.1. The molecule has 0 spiro atoms. The highest BCUT2D eigenvalue weighted by molar-refractivity contribution is 5.71. The number of alkyl halides is 6. The van der Waals surface area contributed by atoms with Crippen LogP contribution in [0.1, 0.15) is 41.5 Å². The van der Waals surface area contributed by atoms with Crippen molar-refractivity contribution in [1.82, 2.24) is 0 Å². The highest BCUT2D eigenvalue weighted by atomic mass is 19.4. The third kappa shape index (κ3) is 70.9. The molecule has 0 aromatic carbocycles. The Morgan fingerprint density at radius 3 is 0.667 bits per heavy atom. The molecule has 0 radical (unpaired) electrons. The third-order valence-electron chi connectivity index (χ3n) is 0.463. The molecule has 0 aliphatic rings. The van der Waals surface area contributed by atoms with Crippen molar-refractivity contribution in [3.05, 3.63) is 0 Å². The van der Waals surface area contributed by atoms with E-state index in [2.05, 4.69) is 53.0 Å². The van der Waals surface area contributed by atoms with E-state index in [1.165, 1.54) is 0 Å². The van der Waals surface area contributed by atoms with E-state index >= 15 is 0 Å². The van der Waals surface area contributed by atoms with E-state index < -0.39 is 24.3 Å². The second-order valence-electron chi connectivity index (χ2n) is 6.69. The summed E-state index contributed by atoms with van der Waals surface area (Å²) >= 11 is 0. The second kappa shape index (κ2) is 11.1. The van der Waals surface area contributed by atoms with Crippen LogP contribution in [0.25, 0.3) is 0 Å². The van der Waals surface area contributed by atoms with E-state index in [0.29, 0.717) is 0 Å². The zero-order valence-corrected chi connectivity index (χ0v) is 14.3. The van der Waals surface area contributed by atoms with Gasteiger partial charge in [-0.25, -0.2) is 0 Å². The maximum Gasteiger partial charge on any atom is 0.430 e. The van der Waals surface area contributed by atoms with Crippen molar-refractivity contribution in [2.45, 2.75) is 65.0 Å². The fraction of sp³-hybridized carbons (Fsp3) is 0.833. The van der Waals surface area contributed by atoms with Crippen LogP contribution in [-0.4, -0.2) is 35.4 Å². The Bertz CT molecular complexity index is 320. The molecule has 6 N–H and O–H groups in total. The molecule has 24 heavy (non-hydrogen) atoms. The third-order valence-corrected chi connectivity index (χ3v) is 0.463. The summed E-state index contributed by atoms with van der Waals surface area (Å²) in [7, 11) is 0. The molecule has 0 fully saturated rings. The number of halogens is 6. The Balaban J connectivity index is -0.000000113. The van der Waals surface area contributed by atoms with Crippen LogP contribution >= 0.6 is 0 Å². The Hall–Kier alpha value is -1.56. The first-order valence-electron chi connectivity index (χ1n) is 6.16. The van der Waals surface area contributed by atoms with Crippen molar-refractivity contribution in [3.8, 4) is 0 Å². The lowest BCUT2D eigenvalue weighted by Gasteiger charge is -2.03. The van der Waals surface area contributed by atoms with Gasteiger partial charge in [0.1, 0.15) is 11.9 Å². The quantitative estimate of drug-likeness (QED) is 0.507. The number of carbonyl (C=O) groups excluding carboxylic acids is 2. The fourth-order valence-corrected chi connectivity index (χ4v) is 0. The predicted molar refractivity (Wildman–Crippen MR) is 67.4 cm³/mol. The topological polar surface area (TPSA) is 136 Å². The standard InChI is InChI=1S/2C4H11N.2C2HF3O2/c2*1-4(2,3)5;2*3-2(4,5)1(6)7/h2*5H2,1-3H3;2*(H,6,7). The van der Waals surface area contributed by atoms with Crippen LogP contribution in [0.5, 0.6) is 0 Å². The molecule has 0 aromatic heterocycles. The van der Waals surface area contributed by atoms with Gasteiger partial charge in [-0.3, -0.25) is 0 Å². The second-order valence-corrected chi connectivity index (χ2v) is 6.69. The SMILES string of the molecule is CC(C)(C)[NH3+].CC(C)(C)[NH3+].O=C([O-])C(F)(F)F.O=C([O-])C(F)(F)F. The Morgan fingerprint density at radius 1 is 0.625 bits per heavy atom. The summed E-state index contributed by atoms with van der Waals surface area (Å²) < 4.78 is 63.1. The first-order chi connectivity index (χ1) is 9.89. The molecule has 0 unspecified atom stereocenters. The molecule has 148 valence electrons. The van der Waals surface area contributed by atoms with Gasteiger partial charge in [0.2, 0.25) is 0 Å². The molecule has 0 aliphatic carbocycles. The van der Waals surface area contributed by atoms with Crippen molar-refractivity contribution < 1.29 is 57.6 Å². The molecule has 0 aromatic rings. The molecule has 0 amide bonds. The summed E-state index contributed by atoms with van der Waals surface area (Å²) in [6, 6.07) is 0. The van der Waals surface area contributed by atoms with Crippen molar-refractivity contribution in [3.63, 3.8) is 0 Å². The van der Waals surface area contributed by atoms with Crippen LogP contribution in [0.3, 0.4) is 0 Å². The van der Waals surface area contributed by atoms with Crippen molar-refractivity contribution in [2.75, 3.05) is 0 Å². The normalized spacial score (nSPS) is 11.6. The Morgan fingerprint density at radius 2 is 0.667 bits per heavy atom. The average molecular weight is 374 g/mol. The van der Waals surface area contributed by atoms with E-state index in [-0.39, 0.29) is 11.1 Å². The summed E-state index contributed by atoms with van der Waals surface area (Å²) in [5.74, 6) is -6.01. The molecule has 6 nitrogen and oxygen atoms in total. The minimum atomic E-state index is -5.19. The molecule has 12 heteroatoms. The highest BCUT2D eigenvalue weighted by Gasteiger charge is 2.29. The summed E-state index contributed by atoms with van der Waals surface area (Å²) in [4.78, 5) is 17.6. The summed E-state index contributed by atoms with van der Waals surface area (Å²) in [5.41, 5.74) is 8.04. The number of carboxylic acid groups (broad SMARTS) is 2. The number of carboxylic acids is 2. The maximum absolute atomic E-state index is 10.5. The van der Waals surface area contributed by atoms with Crippen LogP contribution < -0.4 is 21.7 Å². The summed E-state index contributed by atoms with van der Waals surface area (Å²) in [5, 5.41) is 17.6. The van der Waals surface area contributed by atoms with E-state index in [9.17, 15) is 26.3 Å². The molecular formula is C12H24F6N2O4. The zero-order chi connectivity index (χ0) is 21.2. The lowest BCUT2D eigenvalue weighted by molar-refractivity contribution is -0.459. The van der Waals surface area contributed by atoms with Crippen LogP contribution in [0.2, 0.25) is 0 Å². The number of hydrogen-bond donors (Lipinski definition) is 2. The summed E-state index contributed by atoms with van der Waals surface area (Å²) in [6.07, 6.45) is -10.4. The minimum absolute atomic E-state index is 0.250. The van der Waals surface area contributed by atoms with Gasteiger partial charge in [-0.05, 0) is 41.5 Å². The maximum atomic E-state index is 10.5. The van der Waals surface area contributed by atoms with Gasteiger partial charge in [-0.15, -0.1) is 0 Å². The van der Waals surface area contributed by atoms with E-state index in [0.717, 1.165) is 0 Å². The van der Waals surface area contributed by atoms with Crippen LogP contribution in [0.4, 0.5) is 26.3 Å². The van der Waals surface area contributed by atoms with Gasteiger partial charge in [-0.2, -0.15) is 26.3 Å². The van der Waals surface area contributed by atoms with Crippen molar-refractivity contribution in [1.29, 1.82) is 0 Å². The first-order valence-corrected chi connectivity index (χ1v) is 6.16. The number of hydrogen-bond acceptors (Lipinski definition) is 4. The van der Waals surface area contributed by atoms with Crippen LogP contribution in [-0.2, 0) is 9.59 Å². The van der Waals surface area contributed by atoms with Crippen LogP contribution in [0.15, 0.2) is 0 Å². The minimum Gasteiger partial charge on any atom is -0.542 e. The van der Waals surface area contributed by atoms with Gasteiger partial charge in [0.25, 0.3) is 0 Å². The molecule has 0 heterocycles. The smallest absolute Gasteiger partial charge is 0.430 e. The van der Waals surface area contributed by atoms with Gasteiger partial charge in [0, 0.05) is 0 Å². The zero-order valence-electron chi connectivity index (χ0n) is 14.3. The van der Waals surface area contributed by atoms with Crippen LogP contribution in [0, 0.1) is 0 Å². The molecular weight excluding hydrogens is 350 g/mol. The van der Waals surface area contributed by atoms with Gasteiger partial charge >= 0.3 is 12.4 Å². The number of quaternary nitrogens is 2. The molecule has 0 rings (SSSR count). The average Bonchev–Trinajstić information content (AvgIpc) is 2.08. The van der Waals surface area contributed by atoms with Gasteiger partial charge in [0.05, 0.1) is 11.1 Å². The molecule has 0 atom stereocenters. The Labute approximate surface area is 135 Å². The van der Waals surface area contributed by atoms with E-state index in [1.807, 2.05) is 0 Å². The number of rotatable bonds is 0. The number of carbonyl (C=O) groups is 2. The van der Waals surface area contributed by atoms with Crippen molar-refractivity contribution in [2.24, 2.45) is 0 Å². The summed E-state index contributed by atoms with van der Waals surface area (Å²) in [6.45, 7) is 12.5. The van der Waals surface area contributed by atoms with Gasteiger partial charge in [0.15, 0.2) is 0 Å². The van der Waals surface area contributed by atoms with Gasteiger partial charge in [-0.1, -0.05) is 0 Å². The van der Waals surface area contributed by atoms with Gasteiger partial charge < -0.3 is 31.3 Å². The first kappa shape index (κ1) is 30.3. The highest BCUT2D eigenvalue weighted by Crippen LogP contribution is 2.12. The molecule has 0 saturated carbocycles. The predicted octanol–water partition coefficient (Wildman–Crippen LogP) is -1.35. The number of aliphatic carboxylic acids is 2. The lowest BCUT2D eigenvalue weighted by Crippen LogP contribution is -2.67. The van der Waals surface area contributed by atoms with E-state index in [4.69, 9.17) is 19.8 Å².